The van der Waals surface area contributed by atoms with Crippen LogP contribution in [-0.4, -0.2) is 18.4 Å². The average Bonchev–Trinajstić information content (AvgIpc) is 3.10. The molecule has 0 radical (unpaired) electrons. The van der Waals surface area contributed by atoms with Gasteiger partial charge in [0.15, 0.2) is 5.76 Å². The number of hydrogen-bond acceptors (Lipinski definition) is 3. The minimum absolute atomic E-state index is 0.110. The first-order chi connectivity index (χ1) is 11.2. The Bertz CT molecular complexity index is 694. The Balaban J connectivity index is 1.58. The van der Waals surface area contributed by atoms with Gasteiger partial charge in [0.1, 0.15) is 0 Å². The van der Waals surface area contributed by atoms with Crippen molar-refractivity contribution in [3.63, 3.8) is 0 Å². The molecule has 1 saturated carbocycles. The number of benzene rings is 1. The molecule has 3 rings (SSSR count). The zero-order valence-corrected chi connectivity index (χ0v) is 13.0. The fourth-order valence-electron chi connectivity index (χ4n) is 2.72. The van der Waals surface area contributed by atoms with Gasteiger partial charge in [0.2, 0.25) is 0 Å². The second-order valence-corrected chi connectivity index (χ2v) is 5.89. The summed E-state index contributed by atoms with van der Waals surface area (Å²) >= 11 is 0. The molecule has 0 unspecified atom stereocenters. The Morgan fingerprint density at radius 3 is 2.74 bits per heavy atom. The normalized spacial score (nSPS) is 19.2. The van der Waals surface area contributed by atoms with Crippen LogP contribution in [0.3, 0.4) is 0 Å². The van der Waals surface area contributed by atoms with E-state index in [4.69, 9.17) is 4.42 Å². The lowest BCUT2D eigenvalue weighted by Crippen LogP contribution is -2.26. The van der Waals surface area contributed by atoms with Crippen LogP contribution in [0.25, 0.3) is 0 Å². The smallest absolute Gasteiger partial charge is 0.291 e. The summed E-state index contributed by atoms with van der Waals surface area (Å²) in [5.74, 6) is 1.16. The van der Waals surface area contributed by atoms with E-state index in [1.807, 2.05) is 0 Å². The molecule has 1 heterocycles. The Morgan fingerprint density at radius 1 is 1.17 bits per heavy atom. The average molecular weight is 312 g/mol. The summed E-state index contributed by atoms with van der Waals surface area (Å²) in [7, 11) is 0. The van der Waals surface area contributed by atoms with E-state index in [0.29, 0.717) is 17.2 Å². The van der Waals surface area contributed by atoms with Gasteiger partial charge in [0.05, 0.1) is 6.26 Å². The van der Waals surface area contributed by atoms with E-state index in [9.17, 15) is 9.59 Å². The van der Waals surface area contributed by atoms with Crippen molar-refractivity contribution < 1.29 is 14.0 Å². The maximum atomic E-state index is 12.2. The highest BCUT2D eigenvalue weighted by Crippen LogP contribution is 2.40. The third kappa shape index (κ3) is 3.80. The van der Waals surface area contributed by atoms with Crippen molar-refractivity contribution in [2.75, 3.05) is 11.9 Å². The predicted octanol–water partition coefficient (Wildman–Crippen LogP) is 3.31. The van der Waals surface area contributed by atoms with E-state index in [2.05, 4.69) is 17.6 Å². The lowest BCUT2D eigenvalue weighted by Gasteiger charge is -2.07. The minimum Gasteiger partial charge on any atom is -0.459 e. The first-order valence-electron chi connectivity index (χ1n) is 7.90. The molecule has 1 aromatic carbocycles. The van der Waals surface area contributed by atoms with Crippen molar-refractivity contribution in [3.05, 3.63) is 54.0 Å². The Labute approximate surface area is 135 Å². The second kappa shape index (κ2) is 6.69. The molecule has 0 spiro atoms. The maximum Gasteiger partial charge on any atom is 0.291 e. The van der Waals surface area contributed by atoms with E-state index in [1.54, 1.807) is 36.4 Å². The molecule has 120 valence electrons. The largest absolute Gasteiger partial charge is 0.459 e. The number of carbonyl (C=O) groups is 2. The number of carbonyl (C=O) groups excluding carboxylic acids is 2. The van der Waals surface area contributed by atoms with Crippen LogP contribution in [0.1, 0.15) is 40.7 Å². The quantitative estimate of drug-likeness (QED) is 0.859. The molecule has 1 fully saturated rings. The number of amides is 2. The number of furan rings is 1. The Hall–Kier alpha value is -2.56. The van der Waals surface area contributed by atoms with Crippen molar-refractivity contribution >= 4 is 17.5 Å². The monoisotopic (exact) mass is 312 g/mol. The van der Waals surface area contributed by atoms with Gasteiger partial charge >= 0.3 is 0 Å². The highest BCUT2D eigenvalue weighted by Gasteiger charge is 2.35. The second-order valence-electron chi connectivity index (χ2n) is 5.89. The third-order valence-corrected chi connectivity index (χ3v) is 4.25. The van der Waals surface area contributed by atoms with Crippen LogP contribution in [-0.2, 0) is 0 Å². The lowest BCUT2D eigenvalue weighted by molar-refractivity contribution is 0.0949. The van der Waals surface area contributed by atoms with Gasteiger partial charge in [-0.15, -0.1) is 0 Å². The van der Waals surface area contributed by atoms with Crippen molar-refractivity contribution in [3.8, 4) is 0 Å². The fraction of sp³-hybridized carbons (Fsp3) is 0.333. The summed E-state index contributed by atoms with van der Waals surface area (Å²) in [6.07, 6.45) is 3.82. The van der Waals surface area contributed by atoms with Crippen LogP contribution in [0, 0.1) is 11.8 Å². The molecule has 0 bridgehead atoms. The molecule has 0 aliphatic heterocycles. The van der Waals surface area contributed by atoms with Crippen LogP contribution < -0.4 is 10.6 Å². The summed E-state index contributed by atoms with van der Waals surface area (Å²) in [6, 6.07) is 10.1. The van der Waals surface area contributed by atoms with Crippen LogP contribution >= 0.6 is 0 Å². The molecule has 1 aromatic heterocycles. The van der Waals surface area contributed by atoms with Gasteiger partial charge in [0, 0.05) is 17.8 Å². The van der Waals surface area contributed by atoms with E-state index in [0.717, 1.165) is 12.5 Å². The van der Waals surface area contributed by atoms with Gasteiger partial charge in [-0.25, -0.2) is 0 Å². The van der Waals surface area contributed by atoms with Gasteiger partial charge in [0.25, 0.3) is 11.8 Å². The van der Waals surface area contributed by atoms with Gasteiger partial charge in [-0.1, -0.05) is 19.4 Å². The molecule has 5 heteroatoms. The zero-order chi connectivity index (χ0) is 16.2. The molecular weight excluding hydrogens is 292 g/mol. The van der Waals surface area contributed by atoms with Crippen molar-refractivity contribution in [2.24, 2.45) is 11.8 Å². The first-order valence-corrected chi connectivity index (χ1v) is 7.90. The van der Waals surface area contributed by atoms with E-state index < -0.39 is 0 Å². The Kier molecular flexibility index (Phi) is 4.46. The first kappa shape index (κ1) is 15.3. The Morgan fingerprint density at radius 2 is 2.04 bits per heavy atom. The summed E-state index contributed by atoms with van der Waals surface area (Å²) in [6.45, 7) is 2.90. The minimum atomic E-state index is -0.337. The highest BCUT2D eigenvalue weighted by atomic mass is 16.3. The van der Waals surface area contributed by atoms with Crippen LogP contribution in [0.15, 0.2) is 47.1 Å². The lowest BCUT2D eigenvalue weighted by atomic mass is 10.1. The predicted molar refractivity (Wildman–Crippen MR) is 87.3 cm³/mol. The molecule has 0 saturated heterocycles. The van der Waals surface area contributed by atoms with E-state index in [1.165, 1.54) is 19.1 Å². The highest BCUT2D eigenvalue weighted by molar-refractivity contribution is 6.03. The molecule has 1 aliphatic carbocycles. The van der Waals surface area contributed by atoms with Crippen LogP contribution in [0.5, 0.6) is 0 Å². The molecule has 2 amide bonds. The van der Waals surface area contributed by atoms with Gasteiger partial charge < -0.3 is 15.1 Å². The van der Waals surface area contributed by atoms with Crippen molar-refractivity contribution in [1.29, 1.82) is 0 Å². The topological polar surface area (TPSA) is 71.3 Å². The molecule has 5 nitrogen and oxygen atoms in total. The van der Waals surface area contributed by atoms with Crippen LogP contribution in [0.2, 0.25) is 0 Å². The number of hydrogen-bond donors (Lipinski definition) is 2. The number of anilines is 1. The van der Waals surface area contributed by atoms with Crippen molar-refractivity contribution in [1.82, 2.24) is 5.32 Å². The fourth-order valence-corrected chi connectivity index (χ4v) is 2.72. The van der Waals surface area contributed by atoms with E-state index in [-0.39, 0.29) is 17.6 Å². The zero-order valence-electron chi connectivity index (χ0n) is 13.0. The molecule has 23 heavy (non-hydrogen) atoms. The molecule has 2 atom stereocenters. The summed E-state index contributed by atoms with van der Waals surface area (Å²) in [5, 5.41) is 5.68. The van der Waals surface area contributed by atoms with E-state index >= 15 is 0 Å². The number of nitrogens with one attached hydrogen (secondary N) is 2. The number of rotatable bonds is 6. The van der Waals surface area contributed by atoms with Crippen molar-refractivity contribution in [2.45, 2.75) is 19.8 Å². The van der Waals surface area contributed by atoms with Gasteiger partial charge in [-0.3, -0.25) is 9.59 Å². The SMILES string of the molecule is CC[C@H]1C[C@@H]1CNC(=O)c1cccc(NC(=O)c2ccco2)c1. The summed E-state index contributed by atoms with van der Waals surface area (Å²) in [4.78, 5) is 24.1. The van der Waals surface area contributed by atoms with Crippen LogP contribution in [0.4, 0.5) is 5.69 Å². The van der Waals surface area contributed by atoms with Gasteiger partial charge in [-0.2, -0.15) is 0 Å². The molecule has 1 aliphatic rings. The summed E-state index contributed by atoms with van der Waals surface area (Å²) in [5.41, 5.74) is 1.10. The third-order valence-electron chi connectivity index (χ3n) is 4.25. The van der Waals surface area contributed by atoms with Gasteiger partial charge in [-0.05, 0) is 48.6 Å². The molecule has 2 aromatic rings. The summed E-state index contributed by atoms with van der Waals surface area (Å²) < 4.78 is 5.05. The molecular formula is C18H20N2O3. The maximum absolute atomic E-state index is 12.2. The molecule has 2 N–H and O–H groups in total. The standard InChI is InChI=1S/C18H20N2O3/c1-2-12-9-14(12)11-19-17(21)13-5-3-6-15(10-13)20-18(22)16-7-4-8-23-16/h3-8,10,12,14H,2,9,11H2,1H3,(H,19,21)(H,20,22)/t12-,14+/m0/s1.